The third kappa shape index (κ3) is 4.98. The van der Waals surface area contributed by atoms with E-state index in [4.69, 9.17) is 0 Å². The summed E-state index contributed by atoms with van der Waals surface area (Å²) in [6.07, 6.45) is 3.17. The van der Waals surface area contributed by atoms with E-state index in [1.807, 2.05) is 79.1 Å². The molecule has 0 unspecified atom stereocenters. The van der Waals surface area contributed by atoms with Crippen molar-refractivity contribution in [2.24, 2.45) is 0 Å². The van der Waals surface area contributed by atoms with Gasteiger partial charge in [-0.3, -0.25) is 9.10 Å². The third-order valence-electron chi connectivity index (χ3n) is 4.94. The number of carbonyl (C=O) groups excluding carboxylic acids is 1. The minimum Gasteiger partial charge on any atom is -0.320 e. The summed E-state index contributed by atoms with van der Waals surface area (Å²) in [4.78, 5) is 14.4. The number of nitrogens with one attached hydrogen (secondary N) is 1. The van der Waals surface area contributed by atoms with Crippen LogP contribution in [-0.2, 0) is 16.6 Å². The molecule has 1 amide bonds. The van der Waals surface area contributed by atoms with E-state index >= 15 is 0 Å². The van der Waals surface area contributed by atoms with Gasteiger partial charge in [-0.15, -0.1) is 23.1 Å². The van der Waals surface area contributed by atoms with Crippen LogP contribution in [0.5, 0.6) is 0 Å². The Labute approximate surface area is 196 Å². The molecule has 3 aromatic carbocycles. The number of benzene rings is 3. The zero-order chi connectivity index (χ0) is 22.7. The van der Waals surface area contributed by atoms with Crippen molar-refractivity contribution in [1.82, 2.24) is 0 Å². The van der Waals surface area contributed by atoms with Crippen LogP contribution in [0.25, 0.3) is 10.1 Å². The Balaban J connectivity index is 1.63. The molecule has 0 aliphatic heterocycles. The molecule has 0 atom stereocenters. The van der Waals surface area contributed by atoms with Gasteiger partial charge in [0, 0.05) is 9.60 Å². The fraction of sp³-hybridized carbons (Fsp3) is 0.125. The Kier molecular flexibility index (Phi) is 6.55. The van der Waals surface area contributed by atoms with Crippen LogP contribution < -0.4 is 9.62 Å². The highest BCUT2D eigenvalue weighted by Gasteiger charge is 2.19. The van der Waals surface area contributed by atoms with Crippen molar-refractivity contribution in [2.75, 3.05) is 22.1 Å². The number of hydrogen-bond acceptors (Lipinski definition) is 5. The summed E-state index contributed by atoms with van der Waals surface area (Å²) in [7, 11) is -3.49. The van der Waals surface area contributed by atoms with Crippen LogP contribution >= 0.6 is 23.1 Å². The highest BCUT2D eigenvalue weighted by molar-refractivity contribution is 7.98. The maximum atomic E-state index is 12.9. The second kappa shape index (κ2) is 9.36. The zero-order valence-corrected chi connectivity index (χ0v) is 20.1. The number of fused-ring (bicyclic) bond motifs is 1. The first-order valence-corrected chi connectivity index (χ1v) is 13.7. The summed E-state index contributed by atoms with van der Waals surface area (Å²) in [6, 6.07) is 24.4. The summed E-state index contributed by atoms with van der Waals surface area (Å²) in [5, 5.41) is 3.81. The molecule has 32 heavy (non-hydrogen) atoms. The molecule has 0 bridgehead atoms. The molecule has 0 radical (unpaired) electrons. The average molecular weight is 483 g/mol. The molecular weight excluding hydrogens is 460 g/mol. The van der Waals surface area contributed by atoms with E-state index in [0.717, 1.165) is 26.2 Å². The van der Waals surface area contributed by atoms with Gasteiger partial charge < -0.3 is 5.32 Å². The molecule has 164 valence electrons. The molecule has 0 aliphatic rings. The predicted molar refractivity (Wildman–Crippen MR) is 135 cm³/mol. The van der Waals surface area contributed by atoms with Gasteiger partial charge in [-0.05, 0) is 53.6 Å². The van der Waals surface area contributed by atoms with Crippen molar-refractivity contribution in [3.63, 3.8) is 0 Å². The standard InChI is InChI=1S/C24H22N2O3S3/c1-30-22-11-7-6-10-20(22)25-24(27)23-15-18-14-19(12-13-21(18)31-23)26(32(2,28)29)16-17-8-4-3-5-9-17/h3-15H,16H2,1-2H3,(H,25,27). The lowest BCUT2D eigenvalue weighted by molar-refractivity contribution is 0.103. The molecule has 1 heterocycles. The average Bonchev–Trinajstić information content (AvgIpc) is 3.21. The number of amides is 1. The van der Waals surface area contributed by atoms with Crippen LogP contribution in [0.3, 0.4) is 0 Å². The van der Waals surface area contributed by atoms with Crippen molar-refractivity contribution >= 4 is 60.5 Å². The number of rotatable bonds is 7. The largest absolute Gasteiger partial charge is 0.320 e. The van der Waals surface area contributed by atoms with Crippen LogP contribution in [0.1, 0.15) is 15.2 Å². The lowest BCUT2D eigenvalue weighted by Crippen LogP contribution is -2.29. The first-order chi connectivity index (χ1) is 15.3. The lowest BCUT2D eigenvalue weighted by atomic mass is 10.2. The monoisotopic (exact) mass is 482 g/mol. The van der Waals surface area contributed by atoms with Crippen molar-refractivity contribution in [2.45, 2.75) is 11.4 Å². The van der Waals surface area contributed by atoms with Gasteiger partial charge in [0.1, 0.15) is 0 Å². The maximum Gasteiger partial charge on any atom is 0.265 e. The van der Waals surface area contributed by atoms with Gasteiger partial charge in [-0.25, -0.2) is 8.42 Å². The van der Waals surface area contributed by atoms with Crippen molar-refractivity contribution in [1.29, 1.82) is 0 Å². The number of hydrogen-bond donors (Lipinski definition) is 1. The molecule has 0 spiro atoms. The highest BCUT2D eigenvalue weighted by atomic mass is 32.2. The molecule has 0 saturated carbocycles. The fourth-order valence-electron chi connectivity index (χ4n) is 3.38. The van der Waals surface area contributed by atoms with E-state index in [2.05, 4.69) is 5.32 Å². The molecule has 8 heteroatoms. The molecule has 5 nitrogen and oxygen atoms in total. The highest BCUT2D eigenvalue weighted by Crippen LogP contribution is 2.32. The summed E-state index contributed by atoms with van der Waals surface area (Å²) in [6.45, 7) is 0.244. The van der Waals surface area contributed by atoms with Gasteiger partial charge in [0.15, 0.2) is 0 Å². The maximum absolute atomic E-state index is 12.9. The van der Waals surface area contributed by atoms with E-state index in [0.29, 0.717) is 10.6 Å². The second-order valence-electron chi connectivity index (χ2n) is 7.24. The number of thiophene rings is 1. The van der Waals surface area contributed by atoms with E-state index in [1.165, 1.54) is 21.9 Å². The van der Waals surface area contributed by atoms with Gasteiger partial charge in [-0.1, -0.05) is 42.5 Å². The summed E-state index contributed by atoms with van der Waals surface area (Å²) in [5.74, 6) is -0.182. The Morgan fingerprint density at radius 1 is 1.00 bits per heavy atom. The first kappa shape index (κ1) is 22.4. The molecule has 1 N–H and O–H groups in total. The van der Waals surface area contributed by atoms with E-state index in [-0.39, 0.29) is 12.5 Å². The zero-order valence-electron chi connectivity index (χ0n) is 17.6. The van der Waals surface area contributed by atoms with Gasteiger partial charge in [0.25, 0.3) is 5.91 Å². The number of nitrogens with zero attached hydrogens (tertiary/aromatic N) is 1. The predicted octanol–water partition coefficient (Wildman–Crippen LogP) is 5.84. The Hall–Kier alpha value is -2.81. The third-order valence-corrected chi connectivity index (χ3v) is 7.99. The SMILES string of the molecule is CSc1ccccc1NC(=O)c1cc2cc(N(Cc3ccccc3)S(C)(=O)=O)ccc2s1. The quantitative estimate of drug-likeness (QED) is 0.336. The normalized spacial score (nSPS) is 11.4. The lowest BCUT2D eigenvalue weighted by Gasteiger charge is -2.22. The molecule has 1 aromatic heterocycles. The Morgan fingerprint density at radius 3 is 2.44 bits per heavy atom. The summed E-state index contributed by atoms with van der Waals surface area (Å²) < 4.78 is 27.3. The number of thioether (sulfide) groups is 1. The minimum absolute atomic E-state index is 0.182. The van der Waals surface area contributed by atoms with E-state index < -0.39 is 10.0 Å². The number of anilines is 2. The molecule has 4 rings (SSSR count). The molecule has 0 saturated heterocycles. The molecule has 0 fully saturated rings. The summed E-state index contributed by atoms with van der Waals surface area (Å²) in [5.41, 5.74) is 2.24. The smallest absolute Gasteiger partial charge is 0.265 e. The first-order valence-electron chi connectivity index (χ1n) is 9.85. The minimum atomic E-state index is -3.49. The van der Waals surface area contributed by atoms with Gasteiger partial charge in [0.05, 0.1) is 29.1 Å². The number of para-hydroxylation sites is 1. The topological polar surface area (TPSA) is 66.5 Å². The van der Waals surface area contributed by atoms with Gasteiger partial charge >= 0.3 is 0 Å². The number of sulfonamides is 1. The Morgan fingerprint density at radius 2 is 1.72 bits per heavy atom. The van der Waals surface area contributed by atoms with Crippen molar-refractivity contribution in [3.8, 4) is 0 Å². The van der Waals surface area contributed by atoms with Crippen LogP contribution in [0, 0.1) is 0 Å². The van der Waals surface area contributed by atoms with Crippen LogP contribution in [0.15, 0.2) is 83.8 Å². The van der Waals surface area contributed by atoms with Crippen molar-refractivity contribution < 1.29 is 13.2 Å². The molecule has 0 aliphatic carbocycles. The van der Waals surface area contributed by atoms with E-state index in [1.54, 1.807) is 17.8 Å². The van der Waals surface area contributed by atoms with Crippen molar-refractivity contribution in [3.05, 3.63) is 89.3 Å². The van der Waals surface area contributed by atoms with Crippen LogP contribution in [0.2, 0.25) is 0 Å². The second-order valence-corrected chi connectivity index (χ2v) is 11.1. The molecule has 4 aromatic rings. The molecular formula is C24H22N2O3S3. The van der Waals surface area contributed by atoms with Crippen LogP contribution in [0.4, 0.5) is 11.4 Å². The number of carbonyl (C=O) groups is 1. The van der Waals surface area contributed by atoms with E-state index in [9.17, 15) is 13.2 Å². The van der Waals surface area contributed by atoms with Gasteiger partial charge in [-0.2, -0.15) is 0 Å². The Bertz CT molecular complexity index is 1370. The van der Waals surface area contributed by atoms with Crippen LogP contribution in [-0.4, -0.2) is 26.8 Å². The van der Waals surface area contributed by atoms with Gasteiger partial charge in [0.2, 0.25) is 10.0 Å². The fourth-order valence-corrected chi connectivity index (χ4v) is 5.75. The summed E-state index contributed by atoms with van der Waals surface area (Å²) >= 11 is 2.96.